The quantitative estimate of drug-likeness (QED) is 0.907. The minimum Gasteiger partial charge on any atom is -0.396 e. The Morgan fingerprint density at radius 1 is 1.33 bits per heavy atom. The lowest BCUT2D eigenvalue weighted by atomic mass is 10.0. The second-order valence-corrected chi connectivity index (χ2v) is 6.40. The summed E-state index contributed by atoms with van der Waals surface area (Å²) in [5.41, 5.74) is 1.18. The van der Waals surface area contributed by atoms with Gasteiger partial charge in [-0.05, 0) is 31.9 Å². The van der Waals surface area contributed by atoms with Crippen molar-refractivity contribution in [3.05, 3.63) is 29.8 Å². The summed E-state index contributed by atoms with van der Waals surface area (Å²) in [6.45, 7) is 2.80. The molecule has 3 nitrogen and oxygen atoms in total. The van der Waals surface area contributed by atoms with Gasteiger partial charge in [-0.1, -0.05) is 17.7 Å². The predicted octanol–water partition coefficient (Wildman–Crippen LogP) is 1.89. The Morgan fingerprint density at radius 3 is 2.61 bits per heavy atom. The number of aliphatic hydroxyl groups is 1. The maximum atomic E-state index is 12.2. The highest BCUT2D eigenvalue weighted by Gasteiger charge is 2.23. The summed E-state index contributed by atoms with van der Waals surface area (Å²) in [5, 5.41) is 9.02. The highest BCUT2D eigenvalue weighted by Crippen LogP contribution is 2.20. The fourth-order valence-electron chi connectivity index (χ4n) is 2.09. The molecule has 4 heteroatoms. The Bertz CT molecular complexity index is 394. The Hall–Kier alpha value is -0.710. The van der Waals surface area contributed by atoms with Gasteiger partial charge in [0.25, 0.3) is 0 Å². The molecular formula is C14H20O3S. The van der Waals surface area contributed by atoms with Crippen molar-refractivity contribution < 1.29 is 14.1 Å². The van der Waals surface area contributed by atoms with E-state index in [1.54, 1.807) is 0 Å². The molecule has 0 unspecified atom stereocenters. The molecule has 3 atom stereocenters. The first-order valence-corrected chi connectivity index (χ1v) is 7.68. The van der Waals surface area contributed by atoms with E-state index in [0.717, 1.165) is 17.7 Å². The van der Waals surface area contributed by atoms with Crippen molar-refractivity contribution in [2.75, 3.05) is 19.0 Å². The number of hydrogen-bond acceptors (Lipinski definition) is 3. The van der Waals surface area contributed by atoms with E-state index >= 15 is 0 Å². The fourth-order valence-corrected chi connectivity index (χ4v) is 3.32. The lowest BCUT2D eigenvalue weighted by Gasteiger charge is -2.27. The predicted molar refractivity (Wildman–Crippen MR) is 72.0 cm³/mol. The van der Waals surface area contributed by atoms with Gasteiger partial charge < -0.3 is 9.84 Å². The number of aryl methyl sites for hydroxylation is 1. The van der Waals surface area contributed by atoms with Crippen LogP contribution in [-0.4, -0.2) is 34.4 Å². The summed E-state index contributed by atoms with van der Waals surface area (Å²) < 4.78 is 17.8. The zero-order chi connectivity index (χ0) is 13.0. The van der Waals surface area contributed by atoms with Gasteiger partial charge in [0.1, 0.15) is 0 Å². The number of rotatable bonds is 4. The Labute approximate surface area is 111 Å². The Kier molecular flexibility index (Phi) is 4.92. The Morgan fingerprint density at radius 2 is 2.06 bits per heavy atom. The second kappa shape index (κ2) is 6.45. The van der Waals surface area contributed by atoms with Crippen LogP contribution in [-0.2, 0) is 15.5 Å². The molecule has 1 heterocycles. The Balaban J connectivity index is 1.86. The van der Waals surface area contributed by atoms with Crippen LogP contribution >= 0.6 is 0 Å². The normalized spacial score (nSPS) is 25.9. The maximum absolute atomic E-state index is 12.2. The molecule has 1 N–H and O–H groups in total. The van der Waals surface area contributed by atoms with Crippen LogP contribution in [0.1, 0.15) is 18.4 Å². The van der Waals surface area contributed by atoms with E-state index in [2.05, 4.69) is 0 Å². The minimum atomic E-state index is -0.990. The molecule has 1 aliphatic heterocycles. The van der Waals surface area contributed by atoms with Gasteiger partial charge in [-0.3, -0.25) is 4.21 Å². The van der Waals surface area contributed by atoms with Gasteiger partial charge in [-0.25, -0.2) is 0 Å². The summed E-state index contributed by atoms with van der Waals surface area (Å²) in [5.74, 6) is 0.815. The molecule has 1 aliphatic rings. The lowest BCUT2D eigenvalue weighted by Crippen LogP contribution is -2.31. The zero-order valence-electron chi connectivity index (χ0n) is 10.7. The number of benzene rings is 1. The second-order valence-electron chi connectivity index (χ2n) is 4.91. The van der Waals surface area contributed by atoms with Gasteiger partial charge in [0.15, 0.2) is 0 Å². The molecule has 1 aromatic carbocycles. The van der Waals surface area contributed by atoms with Crippen LogP contribution in [0, 0.1) is 12.8 Å². The van der Waals surface area contributed by atoms with E-state index in [4.69, 9.17) is 9.84 Å². The lowest BCUT2D eigenvalue weighted by molar-refractivity contribution is -0.0183. The maximum Gasteiger partial charge on any atom is 0.0694 e. The van der Waals surface area contributed by atoms with Gasteiger partial charge in [-0.2, -0.15) is 0 Å². The molecular weight excluding hydrogens is 248 g/mol. The van der Waals surface area contributed by atoms with E-state index in [0.29, 0.717) is 12.4 Å². The van der Waals surface area contributed by atoms with Crippen molar-refractivity contribution in [2.24, 2.45) is 5.92 Å². The smallest absolute Gasteiger partial charge is 0.0694 e. The van der Waals surface area contributed by atoms with Crippen molar-refractivity contribution in [3.8, 4) is 0 Å². The molecule has 1 saturated heterocycles. The highest BCUT2D eigenvalue weighted by molar-refractivity contribution is 7.85. The minimum absolute atomic E-state index is 0.0648. The van der Waals surface area contributed by atoms with Gasteiger partial charge in [-0.15, -0.1) is 0 Å². The van der Waals surface area contributed by atoms with Crippen molar-refractivity contribution in [3.63, 3.8) is 0 Å². The summed E-state index contributed by atoms with van der Waals surface area (Å²) in [6.07, 6.45) is 1.92. The molecule has 0 aromatic heterocycles. The summed E-state index contributed by atoms with van der Waals surface area (Å²) >= 11 is 0. The summed E-state index contributed by atoms with van der Waals surface area (Å²) in [7, 11) is -0.990. The number of hydrogen-bond donors (Lipinski definition) is 1. The monoisotopic (exact) mass is 268 g/mol. The van der Waals surface area contributed by atoms with E-state index < -0.39 is 10.8 Å². The van der Waals surface area contributed by atoms with E-state index in [-0.39, 0.29) is 18.6 Å². The van der Waals surface area contributed by atoms with Crippen LogP contribution in [0.5, 0.6) is 0 Å². The van der Waals surface area contributed by atoms with Crippen LogP contribution in [0.25, 0.3) is 0 Å². The molecule has 2 rings (SSSR count). The highest BCUT2D eigenvalue weighted by atomic mass is 32.2. The largest absolute Gasteiger partial charge is 0.396 e. The van der Waals surface area contributed by atoms with Gasteiger partial charge in [0.05, 0.1) is 29.3 Å². The first-order chi connectivity index (χ1) is 8.69. The molecule has 1 aromatic rings. The van der Waals surface area contributed by atoms with E-state index in [1.165, 1.54) is 5.56 Å². The van der Waals surface area contributed by atoms with Crippen molar-refractivity contribution in [1.82, 2.24) is 0 Å². The summed E-state index contributed by atoms with van der Waals surface area (Å²) in [4.78, 5) is 0.869. The van der Waals surface area contributed by atoms with Gasteiger partial charge >= 0.3 is 0 Å². The van der Waals surface area contributed by atoms with Gasteiger partial charge in [0, 0.05) is 17.4 Å². The average Bonchev–Trinajstić information content (AvgIpc) is 2.40. The third-order valence-electron chi connectivity index (χ3n) is 3.34. The third-order valence-corrected chi connectivity index (χ3v) is 4.82. The van der Waals surface area contributed by atoms with Crippen molar-refractivity contribution >= 4 is 10.8 Å². The van der Waals surface area contributed by atoms with Crippen LogP contribution in [0.3, 0.4) is 0 Å². The standard InChI is InChI=1S/C14H20O3S/c1-11-2-6-14(7-3-11)18(16)10-13-5-4-12(8-15)9-17-13/h2-3,6-7,12-13,15H,4-5,8-10H2,1H3/t12-,13+,18+/m0/s1. The molecule has 0 radical (unpaired) electrons. The molecule has 0 saturated carbocycles. The molecule has 18 heavy (non-hydrogen) atoms. The zero-order valence-corrected chi connectivity index (χ0v) is 11.5. The van der Waals surface area contributed by atoms with Gasteiger partial charge in [0.2, 0.25) is 0 Å². The first-order valence-electron chi connectivity index (χ1n) is 6.36. The fraction of sp³-hybridized carbons (Fsp3) is 0.571. The van der Waals surface area contributed by atoms with E-state index in [9.17, 15) is 4.21 Å². The topological polar surface area (TPSA) is 46.5 Å². The molecule has 0 amide bonds. The average molecular weight is 268 g/mol. The first kappa shape index (κ1) is 13.7. The molecule has 0 aliphatic carbocycles. The molecule has 100 valence electrons. The molecule has 0 bridgehead atoms. The number of aliphatic hydroxyl groups excluding tert-OH is 1. The SMILES string of the molecule is Cc1ccc([S@](=O)C[C@H]2CC[C@@H](CO)CO2)cc1. The van der Waals surface area contributed by atoms with Crippen molar-refractivity contribution in [2.45, 2.75) is 30.8 Å². The molecule has 1 fully saturated rings. The van der Waals surface area contributed by atoms with Crippen LogP contribution in [0.15, 0.2) is 29.2 Å². The van der Waals surface area contributed by atoms with Crippen LogP contribution < -0.4 is 0 Å². The van der Waals surface area contributed by atoms with Crippen molar-refractivity contribution in [1.29, 1.82) is 0 Å². The number of ether oxygens (including phenoxy) is 1. The van der Waals surface area contributed by atoms with E-state index in [1.807, 2.05) is 31.2 Å². The van der Waals surface area contributed by atoms with Crippen LogP contribution in [0.4, 0.5) is 0 Å². The molecule has 0 spiro atoms. The summed E-state index contributed by atoms with van der Waals surface area (Å²) in [6, 6.07) is 7.81. The van der Waals surface area contributed by atoms with Crippen LogP contribution in [0.2, 0.25) is 0 Å². The third kappa shape index (κ3) is 3.64.